The van der Waals surface area contributed by atoms with Gasteiger partial charge >= 0.3 is 0 Å². The number of nitrogens with zero attached hydrogens (tertiary/aromatic N) is 2. The predicted molar refractivity (Wildman–Crippen MR) is 86.7 cm³/mol. The number of carbonyl (C=O) groups excluding carboxylic acids is 1. The minimum absolute atomic E-state index is 0.277. The molecule has 1 unspecified atom stereocenters. The molecule has 0 spiro atoms. The Bertz CT molecular complexity index is 471. The molecule has 1 amide bonds. The van der Waals surface area contributed by atoms with Gasteiger partial charge in [0.15, 0.2) is 0 Å². The van der Waals surface area contributed by atoms with Crippen LogP contribution in [0.15, 0.2) is 30.3 Å². The zero-order valence-electron chi connectivity index (χ0n) is 13.2. The normalized spacial score (nSPS) is 23.7. The average molecular weight is 302 g/mol. The quantitative estimate of drug-likeness (QED) is 0.831. The fourth-order valence-corrected chi connectivity index (χ4v) is 3.37. The van der Waals surface area contributed by atoms with Crippen LogP contribution in [0.3, 0.4) is 0 Å². The minimum Gasteiger partial charge on any atom is -0.381 e. The number of carbonyl (C=O) groups is 1. The van der Waals surface area contributed by atoms with Crippen LogP contribution in [0.2, 0.25) is 0 Å². The molecule has 0 aliphatic carbocycles. The molecule has 0 bridgehead atoms. The summed E-state index contributed by atoms with van der Waals surface area (Å²) in [4.78, 5) is 16.6. The standard InChI is InChI=1S/C18H26N2O2/c21-18-14-19(13-17-7-4-12-22-15-17)10-11-20(18)9-8-16-5-2-1-3-6-16/h1-3,5-6,17H,4,7-15H2. The first-order valence-electron chi connectivity index (χ1n) is 8.43. The van der Waals surface area contributed by atoms with Crippen molar-refractivity contribution in [3.8, 4) is 0 Å². The van der Waals surface area contributed by atoms with E-state index >= 15 is 0 Å². The molecule has 1 aromatic rings. The summed E-state index contributed by atoms with van der Waals surface area (Å²) < 4.78 is 5.54. The van der Waals surface area contributed by atoms with Gasteiger partial charge in [-0.05, 0) is 30.7 Å². The van der Waals surface area contributed by atoms with Crippen LogP contribution in [0, 0.1) is 5.92 Å². The number of rotatable bonds is 5. The summed E-state index contributed by atoms with van der Waals surface area (Å²) in [5.41, 5.74) is 1.30. The number of benzene rings is 1. The first-order chi connectivity index (χ1) is 10.8. The molecule has 4 nitrogen and oxygen atoms in total. The van der Waals surface area contributed by atoms with Gasteiger partial charge in [0, 0.05) is 32.8 Å². The summed E-state index contributed by atoms with van der Waals surface area (Å²) in [5.74, 6) is 0.885. The van der Waals surface area contributed by atoms with E-state index in [1.807, 2.05) is 11.0 Å². The van der Waals surface area contributed by atoms with Crippen LogP contribution in [0.5, 0.6) is 0 Å². The highest BCUT2D eigenvalue weighted by Crippen LogP contribution is 2.16. The highest BCUT2D eigenvalue weighted by atomic mass is 16.5. The van der Waals surface area contributed by atoms with E-state index in [1.165, 1.54) is 12.0 Å². The lowest BCUT2D eigenvalue weighted by Gasteiger charge is -2.36. The Morgan fingerprint density at radius 1 is 1.18 bits per heavy atom. The average Bonchev–Trinajstić information content (AvgIpc) is 2.56. The SMILES string of the molecule is O=C1CN(CC2CCCOC2)CCN1CCc1ccccc1. The largest absolute Gasteiger partial charge is 0.381 e. The van der Waals surface area contributed by atoms with Gasteiger partial charge in [-0.2, -0.15) is 0 Å². The van der Waals surface area contributed by atoms with E-state index in [1.54, 1.807) is 0 Å². The Morgan fingerprint density at radius 2 is 2.05 bits per heavy atom. The van der Waals surface area contributed by atoms with Crippen molar-refractivity contribution in [2.45, 2.75) is 19.3 Å². The van der Waals surface area contributed by atoms with Crippen LogP contribution in [0.25, 0.3) is 0 Å². The lowest BCUT2D eigenvalue weighted by molar-refractivity contribution is -0.136. The van der Waals surface area contributed by atoms with Gasteiger partial charge < -0.3 is 9.64 Å². The number of ether oxygens (including phenoxy) is 1. The van der Waals surface area contributed by atoms with E-state index in [0.29, 0.717) is 12.5 Å². The van der Waals surface area contributed by atoms with E-state index in [4.69, 9.17) is 4.74 Å². The predicted octanol–water partition coefficient (Wildman–Crippen LogP) is 1.80. The topological polar surface area (TPSA) is 32.8 Å². The van der Waals surface area contributed by atoms with Crippen LogP contribution in [-0.2, 0) is 16.0 Å². The van der Waals surface area contributed by atoms with Crippen molar-refractivity contribution in [1.82, 2.24) is 9.80 Å². The molecule has 4 heteroatoms. The van der Waals surface area contributed by atoms with Gasteiger partial charge in [0.1, 0.15) is 0 Å². The Labute approximate surface area is 133 Å². The Hall–Kier alpha value is -1.39. The zero-order valence-corrected chi connectivity index (χ0v) is 13.2. The van der Waals surface area contributed by atoms with Crippen molar-refractivity contribution in [3.05, 3.63) is 35.9 Å². The molecule has 2 saturated heterocycles. The molecule has 1 atom stereocenters. The maximum absolute atomic E-state index is 12.3. The van der Waals surface area contributed by atoms with Gasteiger partial charge in [-0.15, -0.1) is 0 Å². The lowest BCUT2D eigenvalue weighted by atomic mass is 10.0. The molecule has 2 heterocycles. The molecule has 0 radical (unpaired) electrons. The molecule has 0 N–H and O–H groups in total. The lowest BCUT2D eigenvalue weighted by Crippen LogP contribution is -2.52. The van der Waals surface area contributed by atoms with Crippen molar-refractivity contribution >= 4 is 5.91 Å². The van der Waals surface area contributed by atoms with Gasteiger partial charge in [-0.25, -0.2) is 0 Å². The van der Waals surface area contributed by atoms with Crippen molar-refractivity contribution in [2.24, 2.45) is 5.92 Å². The van der Waals surface area contributed by atoms with Gasteiger partial charge in [0.25, 0.3) is 0 Å². The summed E-state index contributed by atoms with van der Waals surface area (Å²) in [7, 11) is 0. The molecule has 1 aromatic carbocycles. The molecular formula is C18H26N2O2. The van der Waals surface area contributed by atoms with Gasteiger partial charge in [0.05, 0.1) is 13.2 Å². The second-order valence-electron chi connectivity index (χ2n) is 6.43. The van der Waals surface area contributed by atoms with Crippen molar-refractivity contribution in [1.29, 1.82) is 0 Å². The van der Waals surface area contributed by atoms with Crippen molar-refractivity contribution < 1.29 is 9.53 Å². The molecular weight excluding hydrogens is 276 g/mol. The molecule has 22 heavy (non-hydrogen) atoms. The van der Waals surface area contributed by atoms with Crippen LogP contribution in [0.4, 0.5) is 0 Å². The molecule has 3 rings (SSSR count). The summed E-state index contributed by atoms with van der Waals surface area (Å²) >= 11 is 0. The summed E-state index contributed by atoms with van der Waals surface area (Å²) in [5, 5.41) is 0. The second kappa shape index (κ2) is 7.75. The third-order valence-electron chi connectivity index (χ3n) is 4.68. The van der Waals surface area contributed by atoms with Crippen LogP contribution < -0.4 is 0 Å². The van der Waals surface area contributed by atoms with Gasteiger partial charge in [0.2, 0.25) is 5.91 Å². The Balaban J connectivity index is 1.42. The first kappa shape index (κ1) is 15.5. The number of hydrogen-bond acceptors (Lipinski definition) is 3. The van der Waals surface area contributed by atoms with E-state index in [9.17, 15) is 4.79 Å². The molecule has 0 aromatic heterocycles. The van der Waals surface area contributed by atoms with Crippen LogP contribution in [-0.4, -0.2) is 61.6 Å². The smallest absolute Gasteiger partial charge is 0.236 e. The van der Waals surface area contributed by atoms with E-state index in [-0.39, 0.29) is 5.91 Å². The molecule has 0 saturated carbocycles. The zero-order chi connectivity index (χ0) is 15.2. The third-order valence-corrected chi connectivity index (χ3v) is 4.68. The maximum Gasteiger partial charge on any atom is 0.236 e. The van der Waals surface area contributed by atoms with Crippen LogP contribution >= 0.6 is 0 Å². The number of piperazine rings is 1. The monoisotopic (exact) mass is 302 g/mol. The summed E-state index contributed by atoms with van der Waals surface area (Å²) in [6.45, 7) is 6.05. The van der Waals surface area contributed by atoms with E-state index in [0.717, 1.165) is 52.2 Å². The van der Waals surface area contributed by atoms with E-state index < -0.39 is 0 Å². The number of amides is 1. The molecule has 2 aliphatic heterocycles. The van der Waals surface area contributed by atoms with Gasteiger partial charge in [-0.1, -0.05) is 30.3 Å². The second-order valence-corrected chi connectivity index (χ2v) is 6.43. The van der Waals surface area contributed by atoms with E-state index in [2.05, 4.69) is 29.2 Å². The Kier molecular flexibility index (Phi) is 5.46. The molecule has 120 valence electrons. The molecule has 2 aliphatic rings. The summed E-state index contributed by atoms with van der Waals surface area (Å²) in [6, 6.07) is 10.4. The van der Waals surface area contributed by atoms with Crippen molar-refractivity contribution in [3.63, 3.8) is 0 Å². The minimum atomic E-state index is 0.277. The van der Waals surface area contributed by atoms with Gasteiger partial charge in [-0.3, -0.25) is 9.69 Å². The fraction of sp³-hybridized carbons (Fsp3) is 0.611. The van der Waals surface area contributed by atoms with Crippen LogP contribution in [0.1, 0.15) is 18.4 Å². The Morgan fingerprint density at radius 3 is 2.77 bits per heavy atom. The molecule has 2 fully saturated rings. The number of hydrogen-bond donors (Lipinski definition) is 0. The fourth-order valence-electron chi connectivity index (χ4n) is 3.37. The van der Waals surface area contributed by atoms with Crippen molar-refractivity contribution in [2.75, 3.05) is 45.9 Å². The first-order valence-corrected chi connectivity index (χ1v) is 8.43. The highest BCUT2D eigenvalue weighted by Gasteiger charge is 2.26. The third kappa shape index (κ3) is 4.31. The summed E-state index contributed by atoms with van der Waals surface area (Å²) in [6.07, 6.45) is 3.35. The highest BCUT2D eigenvalue weighted by molar-refractivity contribution is 5.79. The maximum atomic E-state index is 12.3.